The quantitative estimate of drug-likeness (QED) is 0.777. The van der Waals surface area contributed by atoms with E-state index < -0.39 is 0 Å². The fraction of sp³-hybridized carbons (Fsp3) is 0.429. The Morgan fingerprint density at radius 2 is 2.00 bits per heavy atom. The van der Waals surface area contributed by atoms with Crippen LogP contribution in [0.25, 0.3) is 0 Å². The van der Waals surface area contributed by atoms with Gasteiger partial charge < -0.3 is 10.0 Å². The van der Waals surface area contributed by atoms with Crippen molar-refractivity contribution in [3.63, 3.8) is 0 Å². The smallest absolute Gasteiger partial charge is 0.100 e. The number of piperazine rings is 1. The van der Waals surface area contributed by atoms with Gasteiger partial charge in [0.25, 0.3) is 0 Å². The predicted octanol–water partition coefficient (Wildman–Crippen LogP) is 4.34. The first-order valence-corrected chi connectivity index (χ1v) is 10.9. The van der Waals surface area contributed by atoms with Gasteiger partial charge in [-0.05, 0) is 36.8 Å². The molecule has 4 rings (SSSR count). The van der Waals surface area contributed by atoms with Crippen molar-refractivity contribution in [1.29, 1.82) is 0 Å². The van der Waals surface area contributed by atoms with Crippen LogP contribution in [0.3, 0.4) is 0 Å². The first kappa shape index (κ1) is 19.1. The van der Waals surface area contributed by atoms with Crippen molar-refractivity contribution in [2.24, 2.45) is 0 Å². The van der Waals surface area contributed by atoms with Crippen LogP contribution in [0.15, 0.2) is 52.3 Å². The minimum absolute atomic E-state index is 0.143. The van der Waals surface area contributed by atoms with Crippen LogP contribution < -0.4 is 10.2 Å². The summed E-state index contributed by atoms with van der Waals surface area (Å²) >= 11 is 8.19. The molecule has 27 heavy (non-hydrogen) atoms. The average molecular weight is 404 g/mol. The molecule has 0 radical (unpaired) electrons. The second kappa shape index (κ2) is 8.41. The Hall–Kier alpha value is -1.24. The van der Waals surface area contributed by atoms with Crippen molar-refractivity contribution in [2.75, 3.05) is 31.1 Å². The molecule has 0 amide bonds. The minimum Gasteiger partial charge on any atom is -0.395 e. The van der Waals surface area contributed by atoms with Gasteiger partial charge in [-0.2, -0.15) is 0 Å². The highest BCUT2D eigenvalue weighted by Crippen LogP contribution is 2.50. The van der Waals surface area contributed by atoms with Gasteiger partial charge in [0.2, 0.25) is 0 Å². The second-order valence-electron chi connectivity index (χ2n) is 7.07. The Morgan fingerprint density at radius 3 is 2.81 bits per heavy atom. The standard InChI is InChI=1S/C21H26ClN3OS/c1-2-5-17-21(23-10-11-24(17)12-13-26)25-16-6-3-4-7-19(16)27-20-9-8-15(22)14-18(20)25/h3-4,6-9,14,17,21,23,26H,2,5,10-13H2,1H3. The number of rotatable bonds is 5. The summed E-state index contributed by atoms with van der Waals surface area (Å²) < 4.78 is 0. The van der Waals surface area contributed by atoms with Crippen LogP contribution in [-0.4, -0.2) is 48.5 Å². The maximum Gasteiger partial charge on any atom is 0.100 e. The number of nitrogens with one attached hydrogen (secondary N) is 1. The van der Waals surface area contributed by atoms with Gasteiger partial charge in [0.1, 0.15) is 6.17 Å². The number of hydrogen-bond donors (Lipinski definition) is 2. The number of hydrogen-bond acceptors (Lipinski definition) is 5. The zero-order valence-electron chi connectivity index (χ0n) is 15.6. The molecule has 6 heteroatoms. The SMILES string of the molecule is CCCC1C(N2c3ccccc3Sc3ccc(Cl)cc32)NCCN1CCO. The van der Waals surface area contributed by atoms with E-state index in [9.17, 15) is 5.11 Å². The lowest BCUT2D eigenvalue weighted by atomic mass is 10.0. The number of aliphatic hydroxyl groups is 1. The van der Waals surface area contributed by atoms with Gasteiger partial charge in [0, 0.05) is 40.5 Å². The summed E-state index contributed by atoms with van der Waals surface area (Å²) in [7, 11) is 0. The Labute approximate surface area is 170 Å². The highest BCUT2D eigenvalue weighted by Gasteiger charge is 2.38. The Morgan fingerprint density at radius 1 is 1.19 bits per heavy atom. The fourth-order valence-corrected chi connectivity index (χ4v) is 5.44. The molecule has 2 unspecified atom stereocenters. The molecule has 0 bridgehead atoms. The van der Waals surface area contributed by atoms with Crippen molar-refractivity contribution in [2.45, 2.75) is 41.8 Å². The number of para-hydroxylation sites is 1. The molecule has 2 aliphatic heterocycles. The van der Waals surface area contributed by atoms with Gasteiger partial charge in [0.15, 0.2) is 0 Å². The minimum atomic E-state index is 0.143. The zero-order valence-corrected chi connectivity index (χ0v) is 17.1. The van der Waals surface area contributed by atoms with E-state index in [1.54, 1.807) is 11.8 Å². The van der Waals surface area contributed by atoms with E-state index in [1.165, 1.54) is 15.5 Å². The lowest BCUT2D eigenvalue weighted by Crippen LogP contribution is -2.64. The molecule has 4 nitrogen and oxygen atoms in total. The monoisotopic (exact) mass is 403 g/mol. The summed E-state index contributed by atoms with van der Waals surface area (Å²) in [6.07, 6.45) is 2.33. The van der Waals surface area contributed by atoms with Crippen molar-refractivity contribution < 1.29 is 5.11 Å². The molecule has 2 atom stereocenters. The first-order chi connectivity index (χ1) is 13.2. The van der Waals surface area contributed by atoms with E-state index in [-0.39, 0.29) is 12.8 Å². The van der Waals surface area contributed by atoms with Gasteiger partial charge in [-0.1, -0.05) is 48.8 Å². The molecule has 0 aromatic heterocycles. The molecule has 1 saturated heterocycles. The lowest BCUT2D eigenvalue weighted by Gasteiger charge is -2.49. The van der Waals surface area contributed by atoms with Crippen LogP contribution in [0.1, 0.15) is 19.8 Å². The van der Waals surface area contributed by atoms with Crippen LogP contribution in [0, 0.1) is 0 Å². The molecule has 2 N–H and O–H groups in total. The first-order valence-electron chi connectivity index (χ1n) is 9.67. The number of aliphatic hydroxyl groups excluding tert-OH is 1. The van der Waals surface area contributed by atoms with E-state index in [0.29, 0.717) is 6.04 Å². The molecular weight excluding hydrogens is 378 g/mol. The zero-order chi connectivity index (χ0) is 18.8. The van der Waals surface area contributed by atoms with Gasteiger partial charge in [-0.3, -0.25) is 10.2 Å². The van der Waals surface area contributed by atoms with Crippen LogP contribution in [0.2, 0.25) is 5.02 Å². The summed E-state index contributed by atoms with van der Waals surface area (Å²) in [6.45, 7) is 5.02. The highest BCUT2D eigenvalue weighted by atomic mass is 35.5. The summed E-state index contributed by atoms with van der Waals surface area (Å²) in [5, 5.41) is 14.1. The third-order valence-corrected chi connectivity index (χ3v) is 6.73. The normalized spacial score (nSPS) is 22.4. The lowest BCUT2D eigenvalue weighted by molar-refractivity contribution is 0.0903. The summed E-state index contributed by atoms with van der Waals surface area (Å²) in [5.74, 6) is 0. The van der Waals surface area contributed by atoms with Gasteiger partial charge >= 0.3 is 0 Å². The highest BCUT2D eigenvalue weighted by molar-refractivity contribution is 7.99. The number of halogens is 1. The number of anilines is 2. The van der Waals surface area contributed by atoms with Crippen molar-refractivity contribution in [3.05, 3.63) is 47.5 Å². The molecule has 2 aliphatic rings. The van der Waals surface area contributed by atoms with E-state index in [4.69, 9.17) is 11.6 Å². The molecular formula is C21H26ClN3OS. The van der Waals surface area contributed by atoms with Gasteiger partial charge in [0.05, 0.1) is 18.0 Å². The molecule has 0 aliphatic carbocycles. The average Bonchev–Trinajstić information content (AvgIpc) is 2.68. The van der Waals surface area contributed by atoms with Crippen LogP contribution in [0.4, 0.5) is 11.4 Å². The summed E-state index contributed by atoms with van der Waals surface area (Å²) in [6, 6.07) is 15.1. The van der Waals surface area contributed by atoms with Crippen molar-refractivity contribution >= 4 is 34.7 Å². The van der Waals surface area contributed by atoms with E-state index >= 15 is 0 Å². The third kappa shape index (κ3) is 3.71. The van der Waals surface area contributed by atoms with Crippen LogP contribution in [-0.2, 0) is 0 Å². The number of benzene rings is 2. The van der Waals surface area contributed by atoms with Gasteiger partial charge in [-0.15, -0.1) is 0 Å². The molecule has 2 aromatic rings. The van der Waals surface area contributed by atoms with E-state index in [2.05, 4.69) is 58.4 Å². The molecule has 2 aromatic carbocycles. The number of nitrogens with zero attached hydrogens (tertiary/aromatic N) is 2. The molecule has 144 valence electrons. The van der Waals surface area contributed by atoms with E-state index in [0.717, 1.165) is 43.2 Å². The molecule has 2 heterocycles. The third-order valence-electron chi connectivity index (χ3n) is 5.36. The van der Waals surface area contributed by atoms with Crippen molar-refractivity contribution in [3.8, 4) is 0 Å². The van der Waals surface area contributed by atoms with Crippen LogP contribution in [0.5, 0.6) is 0 Å². The fourth-order valence-electron chi connectivity index (χ4n) is 4.22. The van der Waals surface area contributed by atoms with Crippen LogP contribution >= 0.6 is 23.4 Å². The second-order valence-corrected chi connectivity index (χ2v) is 8.59. The van der Waals surface area contributed by atoms with E-state index in [1.807, 2.05) is 6.07 Å². The largest absolute Gasteiger partial charge is 0.395 e. The summed E-state index contributed by atoms with van der Waals surface area (Å²) in [5.41, 5.74) is 2.39. The Kier molecular flexibility index (Phi) is 5.95. The topological polar surface area (TPSA) is 38.7 Å². The maximum absolute atomic E-state index is 9.56. The van der Waals surface area contributed by atoms with Gasteiger partial charge in [-0.25, -0.2) is 0 Å². The molecule has 1 fully saturated rings. The Bertz CT molecular complexity index is 801. The van der Waals surface area contributed by atoms with Crippen molar-refractivity contribution in [1.82, 2.24) is 10.2 Å². The Balaban J connectivity index is 1.80. The molecule has 0 saturated carbocycles. The maximum atomic E-state index is 9.56. The number of fused-ring (bicyclic) bond motifs is 2. The number of β-amino-alcohol motifs (C(OH)–C–C–N with tert-alkyl or cyclic N) is 1. The molecule has 0 spiro atoms. The summed E-state index contributed by atoms with van der Waals surface area (Å²) in [4.78, 5) is 7.36. The predicted molar refractivity (Wildman–Crippen MR) is 113 cm³/mol.